The van der Waals surface area contributed by atoms with E-state index < -0.39 is 5.41 Å². The third-order valence-corrected chi connectivity index (χ3v) is 5.07. The number of aryl methyl sites for hydroxylation is 1. The van der Waals surface area contributed by atoms with E-state index in [0.717, 1.165) is 25.8 Å². The van der Waals surface area contributed by atoms with Crippen LogP contribution in [0.3, 0.4) is 0 Å². The van der Waals surface area contributed by atoms with Gasteiger partial charge in [0.25, 0.3) is 5.56 Å². The fourth-order valence-electron chi connectivity index (χ4n) is 3.68. The van der Waals surface area contributed by atoms with E-state index in [9.17, 15) is 14.4 Å². The SMILES string of the molecule is Cc1[nH][nH]c(=O)c1CC(=O)N1CCC2(CCCN(C)C2=O)C1. The maximum atomic E-state index is 12.5. The molecule has 0 aromatic carbocycles. The van der Waals surface area contributed by atoms with Gasteiger partial charge in [-0.25, -0.2) is 0 Å². The standard InChI is InChI=1S/C15H22N4O3/c1-10-11(13(21)17-16-10)8-12(20)19-7-5-15(9-19)4-3-6-18(2)14(15)22/h3-9H2,1-2H3,(H2,16,17,21). The molecule has 0 bridgehead atoms. The molecule has 1 aromatic heterocycles. The lowest BCUT2D eigenvalue weighted by Crippen LogP contribution is -2.48. The second-order valence-corrected chi connectivity index (χ2v) is 6.54. The molecule has 2 fully saturated rings. The number of rotatable bonds is 2. The van der Waals surface area contributed by atoms with Crippen LogP contribution >= 0.6 is 0 Å². The van der Waals surface area contributed by atoms with Crippen LogP contribution in [0.2, 0.25) is 0 Å². The van der Waals surface area contributed by atoms with Gasteiger partial charge in [-0.2, -0.15) is 0 Å². The summed E-state index contributed by atoms with van der Waals surface area (Å²) in [5.74, 6) is 0.0795. The van der Waals surface area contributed by atoms with Crippen molar-refractivity contribution in [3.63, 3.8) is 0 Å². The summed E-state index contributed by atoms with van der Waals surface area (Å²) in [4.78, 5) is 40.1. The number of hydrogen-bond donors (Lipinski definition) is 2. The van der Waals surface area contributed by atoms with Crippen molar-refractivity contribution in [2.75, 3.05) is 26.7 Å². The van der Waals surface area contributed by atoms with Crippen molar-refractivity contribution in [2.45, 2.75) is 32.6 Å². The second-order valence-electron chi connectivity index (χ2n) is 6.54. The van der Waals surface area contributed by atoms with E-state index >= 15 is 0 Å². The summed E-state index contributed by atoms with van der Waals surface area (Å²) < 4.78 is 0. The van der Waals surface area contributed by atoms with Crippen LogP contribution in [0.1, 0.15) is 30.5 Å². The highest BCUT2D eigenvalue weighted by atomic mass is 16.2. The summed E-state index contributed by atoms with van der Waals surface area (Å²) in [5.41, 5.74) is 0.537. The van der Waals surface area contributed by atoms with Crippen LogP contribution in [0.25, 0.3) is 0 Å². The molecule has 7 heteroatoms. The van der Waals surface area contributed by atoms with E-state index in [0.29, 0.717) is 24.3 Å². The minimum Gasteiger partial charge on any atom is -0.345 e. The molecule has 1 unspecified atom stereocenters. The first kappa shape index (κ1) is 14.9. The highest BCUT2D eigenvalue weighted by Gasteiger charge is 2.48. The van der Waals surface area contributed by atoms with Crippen molar-refractivity contribution >= 4 is 11.8 Å². The van der Waals surface area contributed by atoms with E-state index in [1.165, 1.54) is 0 Å². The van der Waals surface area contributed by atoms with Crippen LogP contribution < -0.4 is 5.56 Å². The number of H-pyrrole nitrogens is 2. The van der Waals surface area contributed by atoms with Crippen molar-refractivity contribution < 1.29 is 9.59 Å². The van der Waals surface area contributed by atoms with Crippen LogP contribution in [-0.4, -0.2) is 58.5 Å². The third-order valence-electron chi connectivity index (χ3n) is 5.07. The Morgan fingerprint density at radius 1 is 1.23 bits per heavy atom. The lowest BCUT2D eigenvalue weighted by atomic mass is 9.78. The summed E-state index contributed by atoms with van der Waals surface area (Å²) in [6.45, 7) is 3.65. The Hall–Kier alpha value is -2.05. The van der Waals surface area contributed by atoms with Gasteiger partial charge in [0.15, 0.2) is 0 Å². The summed E-state index contributed by atoms with van der Waals surface area (Å²) in [6, 6.07) is 0. The molecule has 3 rings (SSSR count). The van der Waals surface area contributed by atoms with Gasteiger partial charge in [-0.1, -0.05) is 0 Å². The quantitative estimate of drug-likeness (QED) is 0.807. The number of carbonyl (C=O) groups is 2. The first-order valence-corrected chi connectivity index (χ1v) is 7.72. The molecule has 7 nitrogen and oxygen atoms in total. The maximum absolute atomic E-state index is 12.5. The van der Waals surface area contributed by atoms with E-state index in [1.54, 1.807) is 16.7 Å². The van der Waals surface area contributed by atoms with Gasteiger partial charge in [-0.3, -0.25) is 19.5 Å². The van der Waals surface area contributed by atoms with Gasteiger partial charge in [0, 0.05) is 37.9 Å². The Kier molecular flexibility index (Phi) is 3.58. The van der Waals surface area contributed by atoms with Gasteiger partial charge in [0.05, 0.1) is 11.8 Å². The topological polar surface area (TPSA) is 89.3 Å². The first-order valence-electron chi connectivity index (χ1n) is 7.72. The fraction of sp³-hybridized carbons (Fsp3) is 0.667. The van der Waals surface area contributed by atoms with Gasteiger partial charge in [-0.05, 0) is 26.2 Å². The molecule has 3 heterocycles. The Morgan fingerprint density at radius 3 is 2.68 bits per heavy atom. The molecule has 2 saturated heterocycles. The molecule has 22 heavy (non-hydrogen) atoms. The van der Waals surface area contributed by atoms with Crippen molar-refractivity contribution in [2.24, 2.45) is 5.41 Å². The molecule has 120 valence electrons. The van der Waals surface area contributed by atoms with E-state index in [4.69, 9.17) is 0 Å². The highest BCUT2D eigenvalue weighted by molar-refractivity contribution is 5.86. The number of carbonyl (C=O) groups excluding carboxylic acids is 2. The van der Waals surface area contributed by atoms with Crippen molar-refractivity contribution in [3.05, 3.63) is 21.6 Å². The fourth-order valence-corrected chi connectivity index (χ4v) is 3.68. The lowest BCUT2D eigenvalue weighted by Gasteiger charge is -2.37. The van der Waals surface area contributed by atoms with Gasteiger partial charge in [0.1, 0.15) is 0 Å². The molecule has 2 aliphatic heterocycles. The normalized spacial score (nSPS) is 25.3. The lowest BCUT2D eigenvalue weighted by molar-refractivity contribution is -0.144. The average molecular weight is 306 g/mol. The minimum atomic E-state index is -0.401. The Bertz CT molecular complexity index is 662. The number of amides is 2. The largest absolute Gasteiger partial charge is 0.345 e. The molecule has 2 N–H and O–H groups in total. The molecule has 0 radical (unpaired) electrons. The van der Waals surface area contributed by atoms with Crippen molar-refractivity contribution in [1.82, 2.24) is 20.0 Å². The molecule has 0 aliphatic carbocycles. The predicted octanol–water partition coefficient (Wildman–Crippen LogP) is 0.0248. The molecule has 2 amide bonds. The van der Waals surface area contributed by atoms with Crippen LogP contribution in [0.4, 0.5) is 0 Å². The zero-order valence-electron chi connectivity index (χ0n) is 13.1. The van der Waals surface area contributed by atoms with E-state index in [2.05, 4.69) is 10.2 Å². The van der Waals surface area contributed by atoms with Crippen molar-refractivity contribution in [3.8, 4) is 0 Å². The second kappa shape index (κ2) is 5.30. The Morgan fingerprint density at radius 2 is 2.00 bits per heavy atom. The Balaban J connectivity index is 1.71. The van der Waals surface area contributed by atoms with Gasteiger partial charge in [-0.15, -0.1) is 0 Å². The molecule has 2 aliphatic rings. The zero-order chi connectivity index (χ0) is 15.9. The van der Waals surface area contributed by atoms with Crippen LogP contribution in [0.15, 0.2) is 4.79 Å². The molecular weight excluding hydrogens is 284 g/mol. The summed E-state index contributed by atoms with van der Waals surface area (Å²) in [6.07, 6.45) is 2.65. The number of likely N-dealkylation sites (tertiary alicyclic amines) is 2. The van der Waals surface area contributed by atoms with Gasteiger partial charge < -0.3 is 14.9 Å². The minimum absolute atomic E-state index is 0.0777. The van der Waals surface area contributed by atoms with Crippen LogP contribution in [-0.2, 0) is 16.0 Å². The number of aromatic amines is 2. The summed E-state index contributed by atoms with van der Waals surface area (Å²) in [5, 5.41) is 5.22. The number of aromatic nitrogens is 2. The molecule has 1 atom stereocenters. The predicted molar refractivity (Wildman–Crippen MR) is 80.4 cm³/mol. The number of hydrogen-bond acceptors (Lipinski definition) is 3. The average Bonchev–Trinajstić information content (AvgIpc) is 3.04. The first-order chi connectivity index (χ1) is 10.4. The zero-order valence-corrected chi connectivity index (χ0v) is 13.1. The van der Waals surface area contributed by atoms with Gasteiger partial charge >= 0.3 is 0 Å². The highest BCUT2D eigenvalue weighted by Crippen LogP contribution is 2.39. The summed E-state index contributed by atoms with van der Waals surface area (Å²) >= 11 is 0. The van der Waals surface area contributed by atoms with E-state index in [-0.39, 0.29) is 23.8 Å². The smallest absolute Gasteiger partial charge is 0.267 e. The monoisotopic (exact) mass is 306 g/mol. The molecule has 1 aromatic rings. The van der Waals surface area contributed by atoms with Crippen molar-refractivity contribution in [1.29, 1.82) is 0 Å². The van der Waals surface area contributed by atoms with Crippen LogP contribution in [0.5, 0.6) is 0 Å². The summed E-state index contributed by atoms with van der Waals surface area (Å²) in [7, 11) is 1.83. The Labute approximate surface area is 128 Å². The van der Waals surface area contributed by atoms with Crippen LogP contribution in [0, 0.1) is 12.3 Å². The maximum Gasteiger partial charge on any atom is 0.267 e. The third kappa shape index (κ3) is 2.34. The molecule has 1 spiro atoms. The molecular formula is C15H22N4O3. The number of piperidine rings is 1. The number of nitrogens with zero attached hydrogens (tertiary/aromatic N) is 2. The number of nitrogens with one attached hydrogen (secondary N) is 2. The van der Waals surface area contributed by atoms with Gasteiger partial charge in [0.2, 0.25) is 11.8 Å². The van der Waals surface area contributed by atoms with E-state index in [1.807, 2.05) is 7.05 Å². The molecule has 0 saturated carbocycles.